The average Bonchev–Trinajstić information content (AvgIpc) is 2.53. The number of amides is 1. The molecule has 0 radical (unpaired) electrons. The summed E-state index contributed by atoms with van der Waals surface area (Å²) in [6.07, 6.45) is 1.40. The van der Waals surface area contributed by atoms with Crippen LogP contribution in [-0.4, -0.2) is 23.8 Å². The van der Waals surface area contributed by atoms with Gasteiger partial charge in [-0.3, -0.25) is 4.79 Å². The Balaban J connectivity index is 2.08. The van der Waals surface area contributed by atoms with Crippen LogP contribution in [0.25, 0.3) is 0 Å². The van der Waals surface area contributed by atoms with Gasteiger partial charge in [-0.15, -0.1) is 0 Å². The van der Waals surface area contributed by atoms with Gasteiger partial charge in [-0.1, -0.05) is 23.2 Å². The molecule has 0 fully saturated rings. The molecule has 23 heavy (non-hydrogen) atoms. The minimum absolute atomic E-state index is 0.129. The van der Waals surface area contributed by atoms with E-state index in [1.807, 2.05) is 0 Å². The predicted octanol–water partition coefficient (Wildman–Crippen LogP) is 3.86. The molecule has 0 aliphatic carbocycles. The van der Waals surface area contributed by atoms with Crippen molar-refractivity contribution < 1.29 is 14.6 Å². The first-order valence-corrected chi connectivity index (χ1v) is 7.51. The first kappa shape index (κ1) is 17.1. The zero-order chi connectivity index (χ0) is 16.8. The van der Waals surface area contributed by atoms with Crippen LogP contribution in [0.1, 0.15) is 22.8 Å². The summed E-state index contributed by atoms with van der Waals surface area (Å²) < 4.78 is 5.27. The number of ether oxygens (including phenoxy) is 1. The molecule has 0 unspecified atom stereocenters. The van der Waals surface area contributed by atoms with Crippen molar-refractivity contribution in [2.24, 2.45) is 5.10 Å². The number of rotatable bonds is 5. The highest BCUT2D eigenvalue weighted by Crippen LogP contribution is 2.34. The van der Waals surface area contributed by atoms with E-state index in [9.17, 15) is 9.90 Å². The third-order valence-corrected chi connectivity index (χ3v) is 3.38. The molecule has 2 rings (SSSR count). The standard InChI is InChI=1S/C16H14Cl2N2O3/c1-2-23-14-8-10(7-13(18)15(14)21)9-19-20-16(22)11-3-5-12(17)6-4-11/h3-9,21H,2H2,1H3,(H,20,22)/b19-9+. The Bertz CT molecular complexity index is 731. The van der Waals surface area contributed by atoms with Crippen LogP contribution in [0.5, 0.6) is 11.5 Å². The summed E-state index contributed by atoms with van der Waals surface area (Å²) >= 11 is 11.7. The lowest BCUT2D eigenvalue weighted by molar-refractivity contribution is 0.0955. The van der Waals surface area contributed by atoms with E-state index in [2.05, 4.69) is 10.5 Å². The highest BCUT2D eigenvalue weighted by molar-refractivity contribution is 6.32. The van der Waals surface area contributed by atoms with Gasteiger partial charge in [-0.25, -0.2) is 5.43 Å². The summed E-state index contributed by atoms with van der Waals surface area (Å²) in [6, 6.07) is 9.51. The van der Waals surface area contributed by atoms with Gasteiger partial charge in [0, 0.05) is 10.6 Å². The van der Waals surface area contributed by atoms with Gasteiger partial charge in [0.05, 0.1) is 17.8 Å². The SMILES string of the molecule is CCOc1cc(/C=N/NC(=O)c2ccc(Cl)cc2)cc(Cl)c1O. The monoisotopic (exact) mass is 352 g/mol. The van der Waals surface area contributed by atoms with Crippen molar-refractivity contribution in [1.82, 2.24) is 5.43 Å². The van der Waals surface area contributed by atoms with E-state index < -0.39 is 0 Å². The maximum Gasteiger partial charge on any atom is 0.271 e. The third-order valence-electron chi connectivity index (χ3n) is 2.84. The van der Waals surface area contributed by atoms with Crippen LogP contribution in [0.4, 0.5) is 0 Å². The third kappa shape index (κ3) is 4.61. The molecule has 1 amide bonds. The van der Waals surface area contributed by atoms with Crippen molar-refractivity contribution in [2.75, 3.05) is 6.61 Å². The summed E-state index contributed by atoms with van der Waals surface area (Å²) in [7, 11) is 0. The second kappa shape index (κ2) is 7.85. The van der Waals surface area contributed by atoms with Crippen LogP contribution >= 0.6 is 23.2 Å². The molecule has 0 atom stereocenters. The fourth-order valence-corrected chi connectivity index (χ4v) is 2.11. The fourth-order valence-electron chi connectivity index (χ4n) is 1.77. The Labute approximate surface area is 143 Å². The largest absolute Gasteiger partial charge is 0.503 e. The highest BCUT2D eigenvalue weighted by atomic mass is 35.5. The number of hydrazone groups is 1. The number of carbonyl (C=O) groups is 1. The molecule has 0 saturated carbocycles. The van der Waals surface area contributed by atoms with Crippen molar-refractivity contribution >= 4 is 35.3 Å². The number of phenols is 1. The van der Waals surface area contributed by atoms with Crippen molar-refractivity contribution in [2.45, 2.75) is 6.92 Å². The first-order valence-electron chi connectivity index (χ1n) is 6.75. The Hall–Kier alpha value is -2.24. The first-order chi connectivity index (χ1) is 11.0. The second-order valence-corrected chi connectivity index (χ2v) is 5.33. The Morgan fingerprint density at radius 3 is 2.65 bits per heavy atom. The van der Waals surface area contributed by atoms with Crippen LogP contribution in [0, 0.1) is 0 Å². The smallest absolute Gasteiger partial charge is 0.271 e. The zero-order valence-electron chi connectivity index (χ0n) is 12.2. The van der Waals surface area contributed by atoms with Crippen LogP contribution < -0.4 is 10.2 Å². The molecule has 0 bridgehead atoms. The molecule has 0 aliphatic heterocycles. The number of halogens is 2. The van der Waals surface area contributed by atoms with Gasteiger partial charge in [0.15, 0.2) is 11.5 Å². The lowest BCUT2D eigenvalue weighted by Gasteiger charge is -2.08. The number of hydrogen-bond donors (Lipinski definition) is 2. The molecule has 5 nitrogen and oxygen atoms in total. The Kier molecular flexibility index (Phi) is 5.84. The molecule has 7 heteroatoms. The minimum atomic E-state index is -0.368. The maximum absolute atomic E-state index is 11.9. The second-order valence-electron chi connectivity index (χ2n) is 4.49. The number of nitrogens with zero attached hydrogens (tertiary/aromatic N) is 1. The van der Waals surface area contributed by atoms with Gasteiger partial charge in [0.25, 0.3) is 5.91 Å². The van der Waals surface area contributed by atoms with E-state index in [0.29, 0.717) is 22.8 Å². The normalized spacial score (nSPS) is 10.7. The highest BCUT2D eigenvalue weighted by Gasteiger charge is 2.09. The molecular weight excluding hydrogens is 339 g/mol. The molecular formula is C16H14Cl2N2O3. The van der Waals surface area contributed by atoms with Gasteiger partial charge < -0.3 is 9.84 Å². The molecule has 120 valence electrons. The molecule has 0 spiro atoms. The minimum Gasteiger partial charge on any atom is -0.503 e. The molecule has 2 aromatic rings. The number of carbonyl (C=O) groups excluding carboxylic acids is 1. The van der Waals surface area contributed by atoms with Gasteiger partial charge in [-0.05, 0) is 48.9 Å². The van der Waals surface area contributed by atoms with Gasteiger partial charge in [0.2, 0.25) is 0 Å². The molecule has 2 aromatic carbocycles. The van der Waals surface area contributed by atoms with E-state index >= 15 is 0 Å². The average molecular weight is 353 g/mol. The predicted molar refractivity (Wildman–Crippen MR) is 90.8 cm³/mol. The Morgan fingerprint density at radius 1 is 1.30 bits per heavy atom. The van der Waals surface area contributed by atoms with E-state index in [4.69, 9.17) is 27.9 Å². The van der Waals surface area contributed by atoms with Crippen LogP contribution in [-0.2, 0) is 0 Å². The van der Waals surface area contributed by atoms with E-state index in [1.165, 1.54) is 12.3 Å². The maximum atomic E-state index is 11.9. The molecule has 0 aliphatic rings. The number of benzene rings is 2. The van der Waals surface area contributed by atoms with Gasteiger partial charge in [-0.2, -0.15) is 5.10 Å². The Morgan fingerprint density at radius 2 is 2.00 bits per heavy atom. The topological polar surface area (TPSA) is 70.9 Å². The molecule has 2 N–H and O–H groups in total. The summed E-state index contributed by atoms with van der Waals surface area (Å²) in [5.41, 5.74) is 3.41. The van der Waals surface area contributed by atoms with Crippen LogP contribution in [0.2, 0.25) is 10.0 Å². The van der Waals surface area contributed by atoms with Crippen LogP contribution in [0.3, 0.4) is 0 Å². The van der Waals surface area contributed by atoms with E-state index in [1.54, 1.807) is 37.3 Å². The lowest BCUT2D eigenvalue weighted by atomic mass is 10.2. The van der Waals surface area contributed by atoms with E-state index in [0.717, 1.165) is 0 Å². The van der Waals surface area contributed by atoms with Crippen molar-refractivity contribution in [1.29, 1.82) is 0 Å². The summed E-state index contributed by atoms with van der Waals surface area (Å²) in [5.74, 6) is -0.242. The summed E-state index contributed by atoms with van der Waals surface area (Å²) in [4.78, 5) is 11.9. The van der Waals surface area contributed by atoms with E-state index in [-0.39, 0.29) is 22.4 Å². The summed E-state index contributed by atoms with van der Waals surface area (Å²) in [6.45, 7) is 2.18. The molecule has 0 heterocycles. The summed E-state index contributed by atoms with van der Waals surface area (Å²) in [5, 5.41) is 14.3. The van der Waals surface area contributed by atoms with Crippen molar-refractivity contribution in [3.05, 3.63) is 57.6 Å². The number of phenolic OH excluding ortho intramolecular Hbond substituents is 1. The number of nitrogens with one attached hydrogen (secondary N) is 1. The van der Waals surface area contributed by atoms with Gasteiger partial charge >= 0.3 is 0 Å². The van der Waals surface area contributed by atoms with Crippen LogP contribution in [0.15, 0.2) is 41.5 Å². The molecule has 0 saturated heterocycles. The quantitative estimate of drug-likeness (QED) is 0.633. The number of hydrogen-bond acceptors (Lipinski definition) is 4. The number of aromatic hydroxyl groups is 1. The van der Waals surface area contributed by atoms with Crippen molar-refractivity contribution in [3.8, 4) is 11.5 Å². The van der Waals surface area contributed by atoms with Crippen molar-refractivity contribution in [3.63, 3.8) is 0 Å². The van der Waals surface area contributed by atoms with Gasteiger partial charge in [0.1, 0.15) is 0 Å². The lowest BCUT2D eigenvalue weighted by Crippen LogP contribution is -2.17. The zero-order valence-corrected chi connectivity index (χ0v) is 13.7. The molecule has 0 aromatic heterocycles. The fraction of sp³-hybridized carbons (Fsp3) is 0.125.